The third-order valence-electron chi connectivity index (χ3n) is 4.58. The molecule has 0 saturated heterocycles. The number of rotatable bonds is 6. The molecule has 154 valence electrons. The molecule has 0 atom stereocenters. The minimum absolute atomic E-state index is 0.0743. The molecule has 2 aromatic carbocycles. The van der Waals surface area contributed by atoms with Crippen LogP contribution in [-0.2, 0) is 26.1 Å². The molecule has 0 aliphatic rings. The van der Waals surface area contributed by atoms with Crippen molar-refractivity contribution in [2.75, 3.05) is 19.5 Å². The van der Waals surface area contributed by atoms with Gasteiger partial charge in [0.15, 0.2) is 0 Å². The summed E-state index contributed by atoms with van der Waals surface area (Å²) in [6.45, 7) is 6.45. The van der Waals surface area contributed by atoms with Crippen LogP contribution in [0.4, 0.5) is 5.69 Å². The van der Waals surface area contributed by atoms with E-state index in [1.807, 2.05) is 12.1 Å². The average molecular weight is 397 g/mol. The van der Waals surface area contributed by atoms with E-state index >= 15 is 0 Å². The van der Waals surface area contributed by atoms with Crippen LogP contribution >= 0.6 is 0 Å². The van der Waals surface area contributed by atoms with E-state index in [1.54, 1.807) is 0 Å². The Labute approximate surface area is 171 Å². The van der Waals surface area contributed by atoms with Gasteiger partial charge in [-0.3, -0.25) is 4.79 Å². The number of esters is 2. The summed E-state index contributed by atoms with van der Waals surface area (Å²) in [4.78, 5) is 36.2. The van der Waals surface area contributed by atoms with Gasteiger partial charge in [-0.05, 0) is 41.2 Å². The van der Waals surface area contributed by atoms with E-state index in [2.05, 4.69) is 38.2 Å². The van der Waals surface area contributed by atoms with Gasteiger partial charge in [0.2, 0.25) is 5.91 Å². The summed E-state index contributed by atoms with van der Waals surface area (Å²) in [5.74, 6) is -1.43. The fraction of sp³-hybridized carbons (Fsp3) is 0.348. The minimum Gasteiger partial charge on any atom is -0.465 e. The van der Waals surface area contributed by atoms with Crippen LogP contribution in [0.15, 0.2) is 42.5 Å². The highest BCUT2D eigenvalue weighted by atomic mass is 16.5. The molecule has 0 fully saturated rings. The zero-order valence-corrected chi connectivity index (χ0v) is 17.5. The van der Waals surface area contributed by atoms with Crippen molar-refractivity contribution in [3.8, 4) is 0 Å². The maximum Gasteiger partial charge on any atom is 0.339 e. The molecule has 29 heavy (non-hydrogen) atoms. The van der Waals surface area contributed by atoms with Crippen molar-refractivity contribution in [3.05, 3.63) is 64.7 Å². The van der Waals surface area contributed by atoms with Crippen molar-refractivity contribution >= 4 is 23.5 Å². The monoisotopic (exact) mass is 397 g/mol. The second-order valence-electron chi connectivity index (χ2n) is 7.74. The number of aryl methyl sites for hydroxylation is 1. The molecule has 0 bridgehead atoms. The molecule has 6 heteroatoms. The molecule has 1 N–H and O–H groups in total. The summed E-state index contributed by atoms with van der Waals surface area (Å²) in [5, 5.41) is 2.70. The average Bonchev–Trinajstić information content (AvgIpc) is 2.70. The lowest BCUT2D eigenvalue weighted by Gasteiger charge is -2.19. The Morgan fingerprint density at radius 2 is 1.52 bits per heavy atom. The van der Waals surface area contributed by atoms with Crippen molar-refractivity contribution in [1.82, 2.24) is 0 Å². The van der Waals surface area contributed by atoms with Crippen molar-refractivity contribution < 1.29 is 23.9 Å². The van der Waals surface area contributed by atoms with Gasteiger partial charge in [-0.25, -0.2) is 9.59 Å². The standard InChI is InChI=1S/C23H27NO5/c1-23(2,3)17-10-6-15(7-11-17)8-13-20(25)24-19-14-16(21(26)28-4)9-12-18(19)22(27)29-5/h6-7,9-12,14H,8,13H2,1-5H3,(H,24,25). The van der Waals surface area contributed by atoms with Crippen LogP contribution in [0.1, 0.15) is 59.0 Å². The molecule has 2 aromatic rings. The highest BCUT2D eigenvalue weighted by Crippen LogP contribution is 2.23. The maximum absolute atomic E-state index is 12.4. The number of methoxy groups -OCH3 is 2. The molecule has 1 amide bonds. The number of carbonyl (C=O) groups is 3. The van der Waals surface area contributed by atoms with Crippen molar-refractivity contribution in [2.24, 2.45) is 0 Å². The first-order chi connectivity index (χ1) is 13.7. The lowest BCUT2D eigenvalue weighted by molar-refractivity contribution is -0.116. The van der Waals surface area contributed by atoms with E-state index in [4.69, 9.17) is 9.47 Å². The summed E-state index contributed by atoms with van der Waals surface area (Å²) in [7, 11) is 2.52. The number of hydrogen-bond donors (Lipinski definition) is 1. The van der Waals surface area contributed by atoms with Gasteiger partial charge in [0.05, 0.1) is 31.0 Å². The highest BCUT2D eigenvalue weighted by Gasteiger charge is 2.17. The number of anilines is 1. The Balaban J connectivity index is 2.10. The number of hydrogen-bond acceptors (Lipinski definition) is 5. The largest absolute Gasteiger partial charge is 0.465 e. The lowest BCUT2D eigenvalue weighted by Crippen LogP contribution is -2.17. The molecular weight excluding hydrogens is 370 g/mol. The van der Waals surface area contributed by atoms with Gasteiger partial charge < -0.3 is 14.8 Å². The fourth-order valence-corrected chi connectivity index (χ4v) is 2.82. The molecule has 0 spiro atoms. The number of benzene rings is 2. The Kier molecular flexibility index (Phi) is 7.15. The highest BCUT2D eigenvalue weighted by molar-refractivity contribution is 6.03. The summed E-state index contributed by atoms with van der Waals surface area (Å²) in [6.07, 6.45) is 0.790. The summed E-state index contributed by atoms with van der Waals surface area (Å²) < 4.78 is 9.44. The van der Waals surface area contributed by atoms with E-state index < -0.39 is 11.9 Å². The Morgan fingerprint density at radius 3 is 2.07 bits per heavy atom. The van der Waals surface area contributed by atoms with Crippen LogP contribution in [0.5, 0.6) is 0 Å². The zero-order chi connectivity index (χ0) is 21.6. The number of amides is 1. The summed E-state index contributed by atoms with van der Waals surface area (Å²) in [5.41, 5.74) is 2.96. The number of nitrogens with one attached hydrogen (secondary N) is 1. The quantitative estimate of drug-likeness (QED) is 0.741. The first kappa shape index (κ1) is 22.1. The van der Waals surface area contributed by atoms with Gasteiger partial charge in [0.25, 0.3) is 0 Å². The molecule has 0 aromatic heterocycles. The van der Waals surface area contributed by atoms with Crippen LogP contribution in [0.25, 0.3) is 0 Å². The fourth-order valence-electron chi connectivity index (χ4n) is 2.82. The van der Waals surface area contributed by atoms with E-state index in [1.165, 1.54) is 38.0 Å². The van der Waals surface area contributed by atoms with Crippen molar-refractivity contribution in [2.45, 2.75) is 39.0 Å². The summed E-state index contributed by atoms with van der Waals surface area (Å²) >= 11 is 0. The molecule has 0 unspecified atom stereocenters. The normalized spacial score (nSPS) is 10.9. The second-order valence-corrected chi connectivity index (χ2v) is 7.74. The molecule has 0 aliphatic carbocycles. The van der Waals surface area contributed by atoms with Crippen LogP contribution < -0.4 is 5.32 Å². The van der Waals surface area contributed by atoms with Gasteiger partial charge in [-0.1, -0.05) is 45.0 Å². The molecule has 0 saturated carbocycles. The first-order valence-electron chi connectivity index (χ1n) is 9.35. The molecule has 0 aliphatic heterocycles. The molecule has 2 rings (SSSR count). The van der Waals surface area contributed by atoms with Crippen LogP contribution in [0, 0.1) is 0 Å². The van der Waals surface area contributed by atoms with Crippen LogP contribution in [-0.4, -0.2) is 32.1 Å². The van der Waals surface area contributed by atoms with Gasteiger partial charge in [-0.2, -0.15) is 0 Å². The molecule has 0 heterocycles. The smallest absolute Gasteiger partial charge is 0.339 e. The van der Waals surface area contributed by atoms with Gasteiger partial charge in [0, 0.05) is 6.42 Å². The van der Waals surface area contributed by atoms with E-state index in [-0.39, 0.29) is 34.6 Å². The van der Waals surface area contributed by atoms with Crippen LogP contribution in [0.3, 0.4) is 0 Å². The topological polar surface area (TPSA) is 81.7 Å². The predicted octanol–water partition coefficient (Wildman–Crippen LogP) is 4.13. The predicted molar refractivity (Wildman–Crippen MR) is 111 cm³/mol. The number of ether oxygens (including phenoxy) is 2. The lowest BCUT2D eigenvalue weighted by atomic mass is 9.86. The third kappa shape index (κ3) is 5.91. The maximum atomic E-state index is 12.4. The van der Waals surface area contributed by atoms with E-state index in [0.717, 1.165) is 5.56 Å². The van der Waals surface area contributed by atoms with Gasteiger partial charge in [0.1, 0.15) is 0 Å². The van der Waals surface area contributed by atoms with Crippen molar-refractivity contribution in [1.29, 1.82) is 0 Å². The Bertz CT molecular complexity index is 894. The van der Waals surface area contributed by atoms with E-state index in [9.17, 15) is 14.4 Å². The molecule has 6 nitrogen and oxygen atoms in total. The van der Waals surface area contributed by atoms with Gasteiger partial charge in [-0.15, -0.1) is 0 Å². The molecular formula is C23H27NO5. The Morgan fingerprint density at radius 1 is 0.897 bits per heavy atom. The zero-order valence-electron chi connectivity index (χ0n) is 17.5. The van der Waals surface area contributed by atoms with Gasteiger partial charge >= 0.3 is 11.9 Å². The molecule has 0 radical (unpaired) electrons. The first-order valence-corrected chi connectivity index (χ1v) is 9.35. The summed E-state index contributed by atoms with van der Waals surface area (Å²) in [6, 6.07) is 12.5. The Hall–Kier alpha value is -3.15. The minimum atomic E-state index is -0.602. The SMILES string of the molecule is COC(=O)c1ccc(C(=O)OC)c(NC(=O)CCc2ccc(C(C)(C)C)cc2)c1. The van der Waals surface area contributed by atoms with E-state index in [0.29, 0.717) is 6.42 Å². The number of carbonyl (C=O) groups excluding carboxylic acids is 3. The second kappa shape index (κ2) is 9.37. The van der Waals surface area contributed by atoms with Crippen molar-refractivity contribution in [3.63, 3.8) is 0 Å². The third-order valence-corrected chi connectivity index (χ3v) is 4.58. The van der Waals surface area contributed by atoms with Crippen LogP contribution in [0.2, 0.25) is 0 Å².